The predicted molar refractivity (Wildman–Crippen MR) is 311 cm³/mol. The SMILES string of the molecule is Cc1ncsc1-c1ccc([C@H](C)NC(=O)[C@@H]2C[C@@H](O)CN2C(=O)[C@@H](c2cc(N3CCC[C@H](CN4CCC(O[C@H]5C[C@H](Oc6cc(N7C8CCC7CN(c7cc(-c9ccccc9O)nnc7N)C8)ccn6)C5)CC4)C3)no2)C(C)C)cc1. The first-order chi connectivity index (χ1) is 39.3. The molecule has 2 aromatic carbocycles. The van der Waals surface area contributed by atoms with Gasteiger partial charge in [0, 0.05) is 113 Å². The topological polar surface area (TPSA) is 225 Å². The lowest BCUT2D eigenvalue weighted by atomic mass is 9.91. The number of aliphatic hydroxyl groups excluding tert-OH is 1. The van der Waals surface area contributed by atoms with Gasteiger partial charge in [-0.25, -0.2) is 9.97 Å². The molecule has 6 aromatic rings. The lowest BCUT2D eigenvalue weighted by molar-refractivity contribution is -0.141. The summed E-state index contributed by atoms with van der Waals surface area (Å²) in [5.74, 6) is 1.58. The zero-order valence-electron chi connectivity index (χ0n) is 46.8. The molecule has 2 amide bonds. The van der Waals surface area contributed by atoms with Crippen LogP contribution in [0.25, 0.3) is 21.7 Å². The first-order valence-electron chi connectivity index (χ1n) is 29.2. The molecule has 19 nitrogen and oxygen atoms in total. The highest BCUT2D eigenvalue weighted by molar-refractivity contribution is 7.13. The van der Waals surface area contributed by atoms with E-state index >= 15 is 0 Å². The molecule has 12 rings (SSSR count). The normalized spacial score (nSPS) is 25.0. The molecular weight excluding hydrogens is 1040 g/mol. The Labute approximate surface area is 477 Å². The van der Waals surface area contributed by atoms with Crippen molar-refractivity contribution in [3.05, 3.63) is 102 Å². The van der Waals surface area contributed by atoms with Gasteiger partial charge >= 0.3 is 0 Å². The monoisotopic (exact) mass is 1120 g/mol. The van der Waals surface area contributed by atoms with E-state index in [4.69, 9.17) is 19.7 Å². The number of anilines is 4. The van der Waals surface area contributed by atoms with Gasteiger partial charge in [0.25, 0.3) is 0 Å². The number of pyridine rings is 1. The molecule has 6 aliphatic rings. The molecule has 2 unspecified atom stereocenters. The third kappa shape index (κ3) is 11.8. The number of ether oxygens (including phenoxy) is 2. The van der Waals surface area contributed by atoms with Gasteiger partial charge in [-0.15, -0.1) is 21.5 Å². The molecule has 5 N–H and O–H groups in total. The molecule has 5 saturated heterocycles. The number of benzene rings is 2. The van der Waals surface area contributed by atoms with Crippen molar-refractivity contribution in [2.45, 2.75) is 140 Å². The minimum atomic E-state index is -0.807. The summed E-state index contributed by atoms with van der Waals surface area (Å²) in [6, 6.07) is 22.8. The van der Waals surface area contributed by atoms with E-state index in [1.807, 2.05) is 87.9 Å². The first-order valence-corrected chi connectivity index (χ1v) is 30.1. The van der Waals surface area contributed by atoms with E-state index in [2.05, 4.69) is 62.4 Å². The number of phenols is 1. The fraction of sp³-hybridized carbons (Fsp3) is 0.525. The number of para-hydroxylation sites is 1. The van der Waals surface area contributed by atoms with E-state index in [9.17, 15) is 19.8 Å². The van der Waals surface area contributed by atoms with Crippen molar-refractivity contribution in [2.24, 2.45) is 11.8 Å². The van der Waals surface area contributed by atoms with Gasteiger partial charge in [-0.3, -0.25) is 9.59 Å². The summed E-state index contributed by atoms with van der Waals surface area (Å²) in [6.45, 7) is 14.3. The van der Waals surface area contributed by atoms with Crippen LogP contribution >= 0.6 is 11.3 Å². The van der Waals surface area contributed by atoms with E-state index in [0.717, 1.165) is 136 Å². The Morgan fingerprint density at radius 3 is 2.37 bits per heavy atom. The van der Waals surface area contributed by atoms with Crippen LogP contribution in [0.5, 0.6) is 11.6 Å². The Bertz CT molecular complexity index is 3150. The standard InChI is InChI=1S/C61H76N12O7S/c1-36(2)57(61(77)72-34-45(74)25-52(72)60(76)65-37(3)40-11-13-41(14-12-40)58-38(4)64-35-81-58)54-29-55(68-80-54)70-21-7-8-39(31-70)30-69-22-18-46(19-23-69)78-47-26-48(27-47)79-56-24-42(17-20-63-56)73-43-15-16-44(73)33-71(32-43)51-28-50(66-67-59(51)62)49-9-5-6-10-53(49)75/h5-6,9-14,17,20,24,28-29,35-37,39,43-48,52,57,74-75H,7-8,15-16,18-19,21-23,25-27,30-34H2,1-4H3,(H2,62,67)(H,65,76)/t37-,39+,43?,44?,45+,47-,48-,52-,57+/m0/s1. The number of fused-ring (bicyclic) bond motifs is 2. The Morgan fingerprint density at radius 1 is 0.852 bits per heavy atom. The number of piperidine rings is 2. The van der Waals surface area contributed by atoms with Gasteiger partial charge in [0.1, 0.15) is 23.8 Å². The van der Waals surface area contributed by atoms with E-state index in [1.165, 1.54) is 0 Å². The number of nitrogen functional groups attached to an aromatic ring is 1. The van der Waals surface area contributed by atoms with Crippen molar-refractivity contribution >= 4 is 46.2 Å². The number of thiazole rings is 1. The molecule has 5 aliphatic heterocycles. The zero-order valence-corrected chi connectivity index (χ0v) is 47.7. The fourth-order valence-electron chi connectivity index (χ4n) is 13.5. The number of aromatic hydroxyl groups is 1. The molecule has 428 valence electrons. The second-order valence-corrected chi connectivity index (χ2v) is 24.7. The molecule has 6 fully saturated rings. The average Bonchev–Trinajstić information content (AvgIpc) is 4.31. The third-order valence-electron chi connectivity index (χ3n) is 17.8. The number of carbonyl (C=O) groups is 2. The number of nitrogens with one attached hydrogen (secondary N) is 1. The first kappa shape index (κ1) is 54.7. The van der Waals surface area contributed by atoms with Gasteiger partial charge < -0.3 is 59.8 Å². The molecule has 81 heavy (non-hydrogen) atoms. The summed E-state index contributed by atoms with van der Waals surface area (Å²) < 4.78 is 19.1. The van der Waals surface area contributed by atoms with Crippen molar-refractivity contribution < 1.29 is 33.8 Å². The Kier molecular flexibility index (Phi) is 15.9. The van der Waals surface area contributed by atoms with Crippen molar-refractivity contribution in [3.8, 4) is 33.3 Å². The fourth-order valence-corrected chi connectivity index (χ4v) is 14.3. The average molecular weight is 1120 g/mol. The van der Waals surface area contributed by atoms with Crippen LogP contribution in [0.15, 0.2) is 89.0 Å². The predicted octanol–water partition coefficient (Wildman–Crippen LogP) is 7.99. The van der Waals surface area contributed by atoms with E-state index in [-0.39, 0.29) is 60.8 Å². The van der Waals surface area contributed by atoms with Crippen LogP contribution < -0.4 is 30.5 Å². The van der Waals surface area contributed by atoms with Crippen LogP contribution in [0.3, 0.4) is 0 Å². The zero-order chi connectivity index (χ0) is 55.9. The van der Waals surface area contributed by atoms with Gasteiger partial charge in [-0.1, -0.05) is 55.4 Å². The summed E-state index contributed by atoms with van der Waals surface area (Å²) >= 11 is 1.60. The third-order valence-corrected chi connectivity index (χ3v) is 18.8. The highest BCUT2D eigenvalue weighted by Crippen LogP contribution is 2.41. The second kappa shape index (κ2) is 23.5. The molecule has 2 bridgehead atoms. The van der Waals surface area contributed by atoms with Crippen molar-refractivity contribution in [2.75, 3.05) is 72.8 Å². The number of likely N-dealkylation sites (tertiary alicyclic amines) is 2. The number of rotatable bonds is 17. The van der Waals surface area contributed by atoms with Gasteiger partial charge in [-0.05, 0) is 99.6 Å². The van der Waals surface area contributed by atoms with Gasteiger partial charge in [0.2, 0.25) is 17.7 Å². The summed E-state index contributed by atoms with van der Waals surface area (Å²) in [6.07, 6.45) is 9.81. The molecule has 0 spiro atoms. The maximum absolute atomic E-state index is 14.5. The Hall–Kier alpha value is -6.87. The molecular formula is C61H76N12O7S. The summed E-state index contributed by atoms with van der Waals surface area (Å²) in [5.41, 5.74) is 14.5. The minimum Gasteiger partial charge on any atom is -0.507 e. The van der Waals surface area contributed by atoms with E-state index < -0.39 is 18.1 Å². The smallest absolute Gasteiger partial charge is 0.243 e. The highest BCUT2D eigenvalue weighted by atomic mass is 32.1. The van der Waals surface area contributed by atoms with Crippen molar-refractivity contribution in [1.29, 1.82) is 0 Å². The number of hydrogen-bond donors (Lipinski definition) is 4. The number of carbonyl (C=O) groups excluding carboxylic acids is 2. The number of nitrogens with zero attached hydrogens (tertiary/aromatic N) is 10. The Balaban J connectivity index is 0.582. The number of aromatic nitrogens is 5. The second-order valence-electron chi connectivity index (χ2n) is 23.8. The number of β-amino-alcohol motifs (C(OH)–C–C–N with tert-alkyl or cyclic N) is 1. The molecule has 1 saturated carbocycles. The Morgan fingerprint density at radius 2 is 1.63 bits per heavy atom. The summed E-state index contributed by atoms with van der Waals surface area (Å²) in [7, 11) is 0. The van der Waals surface area contributed by atoms with Crippen LogP contribution in [0, 0.1) is 18.8 Å². The number of aryl methyl sites for hydroxylation is 1. The lowest BCUT2D eigenvalue weighted by Gasteiger charge is -2.43. The van der Waals surface area contributed by atoms with Gasteiger partial charge in [-0.2, -0.15) is 0 Å². The largest absolute Gasteiger partial charge is 0.507 e. The highest BCUT2D eigenvalue weighted by Gasteiger charge is 2.45. The molecule has 4 aromatic heterocycles. The maximum atomic E-state index is 14.5. The number of amides is 2. The molecule has 7 atom stereocenters. The number of piperazine rings is 1. The van der Waals surface area contributed by atoms with Crippen LogP contribution in [0.2, 0.25) is 0 Å². The van der Waals surface area contributed by atoms with E-state index in [1.54, 1.807) is 28.4 Å². The number of hydrogen-bond acceptors (Lipinski definition) is 18. The molecule has 9 heterocycles. The number of aliphatic hydroxyl groups is 1. The summed E-state index contributed by atoms with van der Waals surface area (Å²) in [4.78, 5) is 49.7. The number of nitrogens with two attached hydrogens (primary N) is 1. The van der Waals surface area contributed by atoms with Gasteiger partial charge in [0.15, 0.2) is 17.4 Å². The lowest BCUT2D eigenvalue weighted by Crippen LogP contribution is -2.54. The van der Waals surface area contributed by atoms with Crippen molar-refractivity contribution in [3.63, 3.8) is 0 Å². The number of phenolic OH excluding ortho intramolecular Hbond substituents is 1. The summed E-state index contributed by atoms with van der Waals surface area (Å²) in [5, 5.41) is 37.5. The minimum absolute atomic E-state index is 0.0766. The van der Waals surface area contributed by atoms with Crippen LogP contribution in [-0.2, 0) is 14.3 Å². The van der Waals surface area contributed by atoms with Crippen LogP contribution in [-0.4, -0.2) is 152 Å². The maximum Gasteiger partial charge on any atom is 0.243 e. The van der Waals surface area contributed by atoms with E-state index in [0.29, 0.717) is 46.7 Å². The quantitative estimate of drug-likeness (QED) is 0.0679. The molecule has 20 heteroatoms. The molecule has 0 radical (unpaired) electrons. The van der Waals surface area contributed by atoms with Crippen LogP contribution in [0.1, 0.15) is 108 Å². The molecule has 1 aliphatic carbocycles. The van der Waals surface area contributed by atoms with Crippen molar-refractivity contribution in [1.82, 2.24) is 40.4 Å². The van der Waals surface area contributed by atoms with Crippen LogP contribution in [0.4, 0.5) is 23.0 Å². The van der Waals surface area contributed by atoms with Gasteiger partial charge in [0.05, 0.1) is 51.8 Å².